The minimum atomic E-state index is -0.353. The van der Waals surface area contributed by atoms with Gasteiger partial charge >= 0.3 is 0 Å². The van der Waals surface area contributed by atoms with Gasteiger partial charge in [-0.05, 0) is 44.3 Å². The van der Waals surface area contributed by atoms with Crippen molar-refractivity contribution in [2.24, 2.45) is 0 Å². The number of aromatic nitrogens is 2. The Labute approximate surface area is 193 Å². The van der Waals surface area contributed by atoms with Crippen LogP contribution in [0.2, 0.25) is 0 Å². The molecule has 8 nitrogen and oxygen atoms in total. The summed E-state index contributed by atoms with van der Waals surface area (Å²) in [6, 6.07) is 13.0. The predicted molar refractivity (Wildman–Crippen MR) is 127 cm³/mol. The Morgan fingerprint density at radius 3 is 2.48 bits per heavy atom. The molecule has 33 heavy (non-hydrogen) atoms. The van der Waals surface area contributed by atoms with Gasteiger partial charge in [0, 0.05) is 26.1 Å². The molecule has 1 N–H and O–H groups in total. The summed E-state index contributed by atoms with van der Waals surface area (Å²) >= 11 is 0. The number of para-hydroxylation sites is 2. The van der Waals surface area contributed by atoms with Crippen molar-refractivity contribution >= 4 is 34.7 Å². The fourth-order valence-electron chi connectivity index (χ4n) is 4.19. The fraction of sp³-hybridized carbons (Fsp3) is 0.360. The third-order valence-corrected chi connectivity index (χ3v) is 6.13. The topological polar surface area (TPSA) is 87.5 Å². The van der Waals surface area contributed by atoms with Gasteiger partial charge in [0.15, 0.2) is 0 Å². The first-order chi connectivity index (χ1) is 15.9. The lowest BCUT2D eigenvalue weighted by atomic mass is 10.1. The van der Waals surface area contributed by atoms with E-state index in [4.69, 9.17) is 0 Å². The summed E-state index contributed by atoms with van der Waals surface area (Å²) in [6.45, 7) is 9.57. The van der Waals surface area contributed by atoms with Crippen LogP contribution in [0.4, 0.5) is 5.95 Å². The molecule has 4 rings (SSSR count). The molecule has 0 saturated carbocycles. The third kappa shape index (κ3) is 4.52. The second kappa shape index (κ2) is 9.54. The van der Waals surface area contributed by atoms with Gasteiger partial charge in [-0.15, -0.1) is 0 Å². The highest BCUT2D eigenvalue weighted by molar-refractivity contribution is 6.21. The van der Waals surface area contributed by atoms with Crippen LogP contribution in [-0.4, -0.2) is 63.3 Å². The van der Waals surface area contributed by atoms with Crippen molar-refractivity contribution in [2.45, 2.75) is 33.7 Å². The average Bonchev–Trinajstić information content (AvgIpc) is 3.27. The molecule has 2 heterocycles. The molecule has 0 fully saturated rings. The van der Waals surface area contributed by atoms with Crippen LogP contribution in [0.3, 0.4) is 0 Å². The molecular formula is C25H29N5O3. The smallest absolute Gasteiger partial charge is 0.261 e. The summed E-state index contributed by atoms with van der Waals surface area (Å²) in [6.07, 6.45) is 0.00367. The number of nitrogens with one attached hydrogen (secondary N) is 1. The predicted octanol–water partition coefficient (Wildman–Crippen LogP) is 3.31. The zero-order chi connectivity index (χ0) is 23.5. The molecule has 0 radical (unpaired) electrons. The van der Waals surface area contributed by atoms with Gasteiger partial charge in [-0.25, -0.2) is 4.98 Å². The number of fused-ring (bicyclic) bond motifs is 2. The van der Waals surface area contributed by atoms with Crippen molar-refractivity contribution in [1.29, 1.82) is 0 Å². The fourth-order valence-corrected chi connectivity index (χ4v) is 4.19. The van der Waals surface area contributed by atoms with E-state index >= 15 is 0 Å². The molecule has 3 aromatic rings. The Bertz CT molecular complexity index is 1210. The molecule has 172 valence electrons. The number of imidazole rings is 1. The normalized spacial score (nSPS) is 13.3. The van der Waals surface area contributed by atoms with E-state index in [2.05, 4.69) is 29.0 Å². The van der Waals surface area contributed by atoms with Crippen LogP contribution in [0.25, 0.3) is 11.0 Å². The molecule has 0 atom stereocenters. The van der Waals surface area contributed by atoms with E-state index in [1.54, 1.807) is 12.1 Å². The van der Waals surface area contributed by atoms with Gasteiger partial charge in [0.25, 0.3) is 11.8 Å². The largest absolute Gasteiger partial charge is 0.309 e. The molecule has 3 amide bonds. The monoisotopic (exact) mass is 447 g/mol. The molecule has 0 unspecified atom stereocenters. The number of carbonyl (C=O) groups excluding carboxylic acids is 3. The second-order valence-electron chi connectivity index (χ2n) is 8.21. The van der Waals surface area contributed by atoms with Gasteiger partial charge in [-0.3, -0.25) is 24.6 Å². The van der Waals surface area contributed by atoms with E-state index in [0.717, 1.165) is 41.1 Å². The number of rotatable bonds is 9. The Balaban J connectivity index is 1.45. The molecule has 0 aliphatic carbocycles. The summed E-state index contributed by atoms with van der Waals surface area (Å²) in [4.78, 5) is 46.1. The van der Waals surface area contributed by atoms with Gasteiger partial charge in [-0.2, -0.15) is 0 Å². The highest BCUT2D eigenvalue weighted by atomic mass is 16.2. The maximum Gasteiger partial charge on any atom is 0.261 e. The van der Waals surface area contributed by atoms with Crippen LogP contribution >= 0.6 is 0 Å². The summed E-state index contributed by atoms with van der Waals surface area (Å²) in [7, 11) is 0. The number of likely N-dealkylation sites (N-methyl/N-ethyl adjacent to an activating group) is 1. The van der Waals surface area contributed by atoms with E-state index in [1.807, 2.05) is 41.8 Å². The molecule has 1 aliphatic heterocycles. The maximum atomic E-state index is 12.8. The highest BCUT2D eigenvalue weighted by Gasteiger charge is 2.35. The number of benzene rings is 2. The highest BCUT2D eigenvalue weighted by Crippen LogP contribution is 2.24. The zero-order valence-corrected chi connectivity index (χ0v) is 19.3. The minimum Gasteiger partial charge on any atom is -0.309 e. The van der Waals surface area contributed by atoms with Crippen molar-refractivity contribution in [1.82, 2.24) is 19.4 Å². The number of aryl methyl sites for hydroxylation is 1. The average molecular weight is 448 g/mol. The first kappa shape index (κ1) is 22.7. The van der Waals surface area contributed by atoms with Crippen LogP contribution in [0.15, 0.2) is 42.5 Å². The minimum absolute atomic E-state index is 0.00367. The van der Waals surface area contributed by atoms with Gasteiger partial charge < -0.3 is 9.47 Å². The maximum absolute atomic E-state index is 12.8. The third-order valence-electron chi connectivity index (χ3n) is 6.13. The van der Waals surface area contributed by atoms with Crippen molar-refractivity contribution in [3.63, 3.8) is 0 Å². The van der Waals surface area contributed by atoms with E-state index in [9.17, 15) is 14.4 Å². The lowest BCUT2D eigenvalue weighted by Crippen LogP contribution is -2.33. The van der Waals surface area contributed by atoms with E-state index in [1.165, 1.54) is 0 Å². The van der Waals surface area contributed by atoms with Crippen LogP contribution in [-0.2, 0) is 11.3 Å². The number of carbonyl (C=O) groups is 3. The van der Waals surface area contributed by atoms with E-state index in [-0.39, 0.29) is 30.7 Å². The molecular weight excluding hydrogens is 418 g/mol. The van der Waals surface area contributed by atoms with Gasteiger partial charge in [0.2, 0.25) is 11.9 Å². The molecule has 0 spiro atoms. The summed E-state index contributed by atoms with van der Waals surface area (Å²) in [5.74, 6) is -0.513. The number of imide groups is 1. The van der Waals surface area contributed by atoms with Crippen molar-refractivity contribution in [3.8, 4) is 0 Å². The molecule has 0 bridgehead atoms. The van der Waals surface area contributed by atoms with E-state index in [0.29, 0.717) is 23.6 Å². The molecule has 1 aliphatic rings. The molecule has 2 aromatic carbocycles. The van der Waals surface area contributed by atoms with Crippen molar-refractivity contribution < 1.29 is 14.4 Å². The quantitative estimate of drug-likeness (QED) is 0.509. The molecule has 0 saturated heterocycles. The lowest BCUT2D eigenvalue weighted by molar-refractivity contribution is -0.116. The van der Waals surface area contributed by atoms with Gasteiger partial charge in [0.05, 0.1) is 22.2 Å². The number of hydrogen-bond donors (Lipinski definition) is 1. The number of amides is 3. The first-order valence-corrected chi connectivity index (χ1v) is 11.4. The summed E-state index contributed by atoms with van der Waals surface area (Å²) in [5.41, 5.74) is 3.47. The Kier molecular flexibility index (Phi) is 6.55. The number of hydrogen-bond acceptors (Lipinski definition) is 5. The van der Waals surface area contributed by atoms with Crippen molar-refractivity contribution in [2.75, 3.05) is 31.5 Å². The van der Waals surface area contributed by atoms with Crippen molar-refractivity contribution in [3.05, 3.63) is 59.2 Å². The van der Waals surface area contributed by atoms with Crippen LogP contribution in [0.1, 0.15) is 46.5 Å². The standard InChI is InChI=1S/C25H29N5O3/c1-4-28(5-2)14-15-29-21-9-7-6-8-20(21)26-25(29)27-22(31)12-13-30-23(32)18-11-10-17(3)16-19(18)24(30)33/h6-11,16H,4-5,12-15H2,1-3H3,(H,26,27,31). The summed E-state index contributed by atoms with van der Waals surface area (Å²) < 4.78 is 2.01. The lowest BCUT2D eigenvalue weighted by Gasteiger charge is -2.19. The van der Waals surface area contributed by atoms with Gasteiger partial charge in [0.1, 0.15) is 0 Å². The van der Waals surface area contributed by atoms with E-state index < -0.39 is 0 Å². The zero-order valence-electron chi connectivity index (χ0n) is 19.3. The van der Waals surface area contributed by atoms with Crippen LogP contribution in [0, 0.1) is 6.92 Å². The summed E-state index contributed by atoms with van der Waals surface area (Å²) in [5, 5.41) is 2.89. The Hall–Kier alpha value is -3.52. The molecule has 1 aromatic heterocycles. The first-order valence-electron chi connectivity index (χ1n) is 11.4. The Morgan fingerprint density at radius 1 is 1.00 bits per heavy atom. The number of nitrogens with zero attached hydrogens (tertiary/aromatic N) is 4. The SMILES string of the molecule is CCN(CC)CCn1c(NC(=O)CCN2C(=O)c3ccc(C)cc3C2=O)nc2ccccc21. The second-order valence-corrected chi connectivity index (χ2v) is 8.21. The van der Waals surface area contributed by atoms with Crippen LogP contribution in [0.5, 0.6) is 0 Å². The molecule has 8 heteroatoms. The van der Waals surface area contributed by atoms with Gasteiger partial charge in [-0.1, -0.05) is 37.6 Å². The number of anilines is 1. The van der Waals surface area contributed by atoms with Crippen LogP contribution < -0.4 is 5.32 Å². The Morgan fingerprint density at radius 2 is 1.73 bits per heavy atom.